The maximum Gasteiger partial charge on any atom is 0.289 e. The first-order valence-corrected chi connectivity index (χ1v) is 12.0. The van der Waals surface area contributed by atoms with E-state index in [4.69, 9.17) is 9.47 Å². The van der Waals surface area contributed by atoms with Crippen molar-refractivity contribution in [3.8, 4) is 11.5 Å². The molecule has 3 aromatic rings. The van der Waals surface area contributed by atoms with Crippen molar-refractivity contribution in [3.63, 3.8) is 0 Å². The quantitative estimate of drug-likeness (QED) is 0.333. The molecule has 184 valence electrons. The maximum absolute atomic E-state index is 13.7. The van der Waals surface area contributed by atoms with Gasteiger partial charge in [0.15, 0.2) is 4.90 Å². The summed E-state index contributed by atoms with van der Waals surface area (Å²) in [5.41, 5.74) is 0.244. The molecule has 0 saturated heterocycles. The zero-order valence-corrected chi connectivity index (χ0v) is 20.2. The largest absolute Gasteiger partial charge is 0.497 e. The van der Waals surface area contributed by atoms with Crippen molar-refractivity contribution in [2.24, 2.45) is 0 Å². The first kappa shape index (κ1) is 25.5. The third kappa shape index (κ3) is 5.69. The second kappa shape index (κ2) is 10.9. The summed E-state index contributed by atoms with van der Waals surface area (Å²) in [6.45, 7) is 1.12. The summed E-state index contributed by atoms with van der Waals surface area (Å²) in [6.07, 6.45) is 0. The topological polar surface area (TPSA) is 128 Å². The molecule has 0 aliphatic heterocycles. The molecular weight excluding hydrogens is 474 g/mol. The lowest BCUT2D eigenvalue weighted by Crippen LogP contribution is -2.42. The van der Waals surface area contributed by atoms with Gasteiger partial charge in [0.25, 0.3) is 15.7 Å². The molecule has 0 aromatic heterocycles. The van der Waals surface area contributed by atoms with Crippen LogP contribution in [0.5, 0.6) is 11.5 Å². The maximum atomic E-state index is 13.7. The molecule has 0 heterocycles. The van der Waals surface area contributed by atoms with Gasteiger partial charge in [0.05, 0.1) is 30.9 Å². The SMILES string of the molecule is COc1ccc(N(CC(=O)N[C@@H](C)c2ccccc2)S(=O)(=O)c2ccccc2[N+](=O)[O-])c(OC)c1. The van der Waals surface area contributed by atoms with E-state index in [1.54, 1.807) is 6.92 Å². The number of rotatable bonds is 10. The lowest BCUT2D eigenvalue weighted by atomic mass is 10.1. The minimum absolute atomic E-state index is 0.0222. The van der Waals surface area contributed by atoms with Crippen molar-refractivity contribution in [3.05, 3.63) is 88.5 Å². The van der Waals surface area contributed by atoms with Crippen LogP contribution in [0.25, 0.3) is 0 Å². The molecule has 0 spiro atoms. The Balaban J connectivity index is 2.06. The van der Waals surface area contributed by atoms with Crippen molar-refractivity contribution < 1.29 is 27.6 Å². The Bertz CT molecular complexity index is 1310. The number of methoxy groups -OCH3 is 2. The number of para-hydroxylation sites is 1. The van der Waals surface area contributed by atoms with Crippen LogP contribution >= 0.6 is 0 Å². The number of sulfonamides is 1. The van der Waals surface area contributed by atoms with Crippen LogP contribution in [0.1, 0.15) is 18.5 Å². The molecule has 1 N–H and O–H groups in total. The number of carbonyl (C=O) groups is 1. The number of ether oxygens (including phenoxy) is 2. The molecule has 0 bridgehead atoms. The predicted octanol–water partition coefficient (Wildman–Crippen LogP) is 3.68. The van der Waals surface area contributed by atoms with Crippen molar-refractivity contribution in [2.45, 2.75) is 17.9 Å². The van der Waals surface area contributed by atoms with Crippen LogP contribution in [-0.4, -0.2) is 40.0 Å². The van der Waals surface area contributed by atoms with Gasteiger partial charge in [-0.15, -0.1) is 0 Å². The van der Waals surface area contributed by atoms with E-state index < -0.39 is 44.0 Å². The molecule has 0 unspecified atom stereocenters. The van der Waals surface area contributed by atoms with E-state index in [0.717, 1.165) is 22.0 Å². The molecular formula is C24H25N3O7S. The normalized spacial score (nSPS) is 11.9. The van der Waals surface area contributed by atoms with Crippen LogP contribution in [0.3, 0.4) is 0 Å². The predicted molar refractivity (Wildman–Crippen MR) is 130 cm³/mol. The van der Waals surface area contributed by atoms with Gasteiger partial charge in [-0.05, 0) is 30.7 Å². The van der Waals surface area contributed by atoms with Gasteiger partial charge in [0.1, 0.15) is 18.0 Å². The smallest absolute Gasteiger partial charge is 0.289 e. The average molecular weight is 500 g/mol. The Morgan fingerprint density at radius 2 is 1.69 bits per heavy atom. The van der Waals surface area contributed by atoms with Gasteiger partial charge in [-0.3, -0.25) is 19.2 Å². The van der Waals surface area contributed by atoms with Gasteiger partial charge in [0, 0.05) is 12.1 Å². The van der Waals surface area contributed by atoms with Crippen LogP contribution < -0.4 is 19.1 Å². The van der Waals surface area contributed by atoms with E-state index in [2.05, 4.69) is 5.32 Å². The molecule has 11 heteroatoms. The molecule has 0 aliphatic carbocycles. The van der Waals surface area contributed by atoms with Crippen LogP contribution in [0.2, 0.25) is 0 Å². The summed E-state index contributed by atoms with van der Waals surface area (Å²) in [7, 11) is -1.79. The fourth-order valence-corrected chi connectivity index (χ4v) is 5.07. The Morgan fingerprint density at radius 1 is 1.03 bits per heavy atom. The van der Waals surface area contributed by atoms with E-state index in [0.29, 0.717) is 5.75 Å². The van der Waals surface area contributed by atoms with Crippen molar-refractivity contribution in [1.82, 2.24) is 5.32 Å². The van der Waals surface area contributed by atoms with Crippen LogP contribution in [0.15, 0.2) is 77.7 Å². The monoisotopic (exact) mass is 499 g/mol. The number of nitro benzene ring substituents is 1. The average Bonchev–Trinajstić information content (AvgIpc) is 2.87. The first-order chi connectivity index (χ1) is 16.7. The highest BCUT2D eigenvalue weighted by Gasteiger charge is 2.34. The molecule has 1 amide bonds. The van der Waals surface area contributed by atoms with E-state index >= 15 is 0 Å². The molecule has 0 fully saturated rings. The summed E-state index contributed by atoms with van der Waals surface area (Å²) in [6, 6.07) is 18.1. The Labute approximate surface area is 203 Å². The highest BCUT2D eigenvalue weighted by atomic mass is 32.2. The number of hydrogen-bond donors (Lipinski definition) is 1. The van der Waals surface area contributed by atoms with Gasteiger partial charge < -0.3 is 14.8 Å². The number of amides is 1. The molecule has 35 heavy (non-hydrogen) atoms. The number of hydrogen-bond acceptors (Lipinski definition) is 7. The van der Waals surface area contributed by atoms with Crippen molar-refractivity contribution in [1.29, 1.82) is 0 Å². The van der Waals surface area contributed by atoms with Gasteiger partial charge in [-0.1, -0.05) is 42.5 Å². The van der Waals surface area contributed by atoms with Gasteiger partial charge >= 0.3 is 0 Å². The van der Waals surface area contributed by atoms with Gasteiger partial charge in [0.2, 0.25) is 5.91 Å². The summed E-state index contributed by atoms with van der Waals surface area (Å²) in [5, 5.41) is 14.3. The Hall–Kier alpha value is -4.12. The summed E-state index contributed by atoms with van der Waals surface area (Å²) >= 11 is 0. The number of nitro groups is 1. The van der Waals surface area contributed by atoms with E-state index in [1.807, 2.05) is 30.3 Å². The first-order valence-electron chi connectivity index (χ1n) is 10.5. The molecule has 0 saturated carbocycles. The molecule has 10 nitrogen and oxygen atoms in total. The summed E-state index contributed by atoms with van der Waals surface area (Å²) in [5.74, 6) is -0.104. The number of nitrogens with one attached hydrogen (secondary N) is 1. The number of anilines is 1. The fraction of sp³-hybridized carbons (Fsp3) is 0.208. The highest BCUT2D eigenvalue weighted by Crippen LogP contribution is 2.37. The third-order valence-corrected chi connectivity index (χ3v) is 7.06. The number of carbonyl (C=O) groups excluding carboxylic acids is 1. The van der Waals surface area contributed by atoms with Crippen molar-refractivity contribution in [2.75, 3.05) is 25.1 Å². The Morgan fingerprint density at radius 3 is 2.31 bits per heavy atom. The molecule has 0 aliphatic rings. The zero-order chi connectivity index (χ0) is 25.6. The van der Waals surface area contributed by atoms with Crippen molar-refractivity contribution >= 4 is 27.3 Å². The zero-order valence-electron chi connectivity index (χ0n) is 19.4. The van der Waals surface area contributed by atoms with Crippen LogP contribution in [0.4, 0.5) is 11.4 Å². The second-order valence-corrected chi connectivity index (χ2v) is 9.30. The standard InChI is InChI=1S/C24H25N3O7S/c1-17(18-9-5-4-6-10-18)25-24(28)16-26(20-14-13-19(33-2)15-22(20)34-3)35(31,32)23-12-8-7-11-21(23)27(29)30/h4-15,17H,16H2,1-3H3,(H,25,28)/t17-/m0/s1. The van der Waals surface area contributed by atoms with Crippen LogP contribution in [-0.2, 0) is 14.8 Å². The van der Waals surface area contributed by atoms with Gasteiger partial charge in [-0.25, -0.2) is 8.42 Å². The minimum atomic E-state index is -4.57. The highest BCUT2D eigenvalue weighted by molar-refractivity contribution is 7.93. The van der Waals surface area contributed by atoms with E-state index in [1.165, 1.54) is 44.6 Å². The van der Waals surface area contributed by atoms with Gasteiger partial charge in [-0.2, -0.15) is 0 Å². The van der Waals surface area contributed by atoms with Crippen LogP contribution in [0, 0.1) is 10.1 Å². The lowest BCUT2D eigenvalue weighted by molar-refractivity contribution is -0.387. The molecule has 3 rings (SSSR count). The number of benzene rings is 3. The lowest BCUT2D eigenvalue weighted by Gasteiger charge is -2.26. The molecule has 0 radical (unpaired) electrons. The fourth-order valence-electron chi connectivity index (χ4n) is 3.48. The van der Waals surface area contributed by atoms with E-state index in [-0.39, 0.29) is 11.4 Å². The molecule has 1 atom stereocenters. The number of nitrogens with zero attached hydrogens (tertiary/aromatic N) is 2. The third-order valence-electron chi connectivity index (χ3n) is 5.25. The summed E-state index contributed by atoms with van der Waals surface area (Å²) in [4.78, 5) is 23.2. The minimum Gasteiger partial charge on any atom is -0.497 e. The van der Waals surface area contributed by atoms with E-state index in [9.17, 15) is 23.3 Å². The molecule has 3 aromatic carbocycles. The second-order valence-electron chi connectivity index (χ2n) is 7.47. The Kier molecular flexibility index (Phi) is 7.92. The summed E-state index contributed by atoms with van der Waals surface area (Å²) < 4.78 is 38.8.